The Labute approximate surface area is 166 Å². The van der Waals surface area contributed by atoms with Gasteiger partial charge in [-0.25, -0.2) is 0 Å². The van der Waals surface area contributed by atoms with Crippen LogP contribution in [0.1, 0.15) is 5.56 Å². The molecule has 0 aliphatic carbocycles. The molecule has 0 spiro atoms. The van der Waals surface area contributed by atoms with Crippen LogP contribution in [-0.2, 0) is 11.3 Å². The Bertz CT molecular complexity index is 1090. The van der Waals surface area contributed by atoms with Crippen LogP contribution < -0.4 is 5.32 Å². The fraction of sp³-hybridized carbons (Fsp3) is 0.136. The van der Waals surface area contributed by atoms with Crippen LogP contribution in [-0.4, -0.2) is 14.4 Å². The summed E-state index contributed by atoms with van der Waals surface area (Å²) in [5.41, 5.74) is 4.42. The molecule has 3 nitrogen and oxygen atoms in total. The van der Waals surface area contributed by atoms with Gasteiger partial charge in [-0.05, 0) is 37.3 Å². The van der Waals surface area contributed by atoms with Crippen LogP contribution in [0.25, 0.3) is 21.8 Å². The van der Waals surface area contributed by atoms with Crippen molar-refractivity contribution >= 4 is 56.0 Å². The van der Waals surface area contributed by atoms with Crippen molar-refractivity contribution in [2.24, 2.45) is 0 Å². The number of carbonyl (C=O) groups excluding carboxylic acids is 1. The first kappa shape index (κ1) is 17.1. The van der Waals surface area contributed by atoms with Gasteiger partial charge in [-0.3, -0.25) is 4.79 Å². The van der Waals surface area contributed by atoms with Gasteiger partial charge in [0.25, 0.3) is 0 Å². The van der Waals surface area contributed by atoms with Gasteiger partial charge in [-0.15, -0.1) is 0 Å². The van der Waals surface area contributed by atoms with Crippen LogP contribution in [0.2, 0.25) is 0 Å². The number of rotatable bonds is 4. The second kappa shape index (κ2) is 7.11. The maximum absolute atomic E-state index is 12.6. The molecular weight excluding hydrogens is 435 g/mol. The Hall–Kier alpha value is -2.34. The summed E-state index contributed by atoms with van der Waals surface area (Å²) < 4.78 is 2.08. The van der Waals surface area contributed by atoms with E-state index in [-0.39, 0.29) is 9.83 Å². The van der Waals surface area contributed by atoms with E-state index < -0.39 is 0 Å². The number of aryl methyl sites for hydroxylation is 1. The molecule has 0 radical (unpaired) electrons. The molecule has 3 aromatic carbocycles. The Kier molecular flexibility index (Phi) is 4.68. The van der Waals surface area contributed by atoms with Gasteiger partial charge in [0.05, 0.1) is 0 Å². The van der Waals surface area contributed by atoms with Crippen molar-refractivity contribution in [2.45, 2.75) is 17.4 Å². The molecule has 1 amide bonds. The van der Waals surface area contributed by atoms with Crippen LogP contribution in [0.5, 0.6) is 0 Å². The van der Waals surface area contributed by atoms with E-state index in [4.69, 9.17) is 0 Å². The lowest BCUT2D eigenvalue weighted by Crippen LogP contribution is -2.26. The van der Waals surface area contributed by atoms with Gasteiger partial charge >= 0.3 is 0 Å². The third kappa shape index (κ3) is 3.21. The van der Waals surface area contributed by atoms with Crippen LogP contribution >= 0.6 is 22.6 Å². The highest BCUT2D eigenvalue weighted by molar-refractivity contribution is 14.1. The zero-order valence-electron chi connectivity index (χ0n) is 14.4. The second-order valence-corrected chi connectivity index (χ2v) is 7.97. The first-order valence-electron chi connectivity index (χ1n) is 8.61. The maximum atomic E-state index is 12.6. The van der Waals surface area contributed by atoms with Gasteiger partial charge in [0, 0.05) is 34.0 Å². The minimum absolute atomic E-state index is 0.0230. The third-order valence-electron chi connectivity index (χ3n) is 4.60. The minimum Gasteiger partial charge on any atom is -0.339 e. The van der Waals surface area contributed by atoms with E-state index in [2.05, 4.69) is 81.9 Å². The smallest absolute Gasteiger partial charge is 0.239 e. The summed E-state index contributed by atoms with van der Waals surface area (Å²) in [6.45, 7) is 2.74. The second-order valence-electron chi connectivity index (χ2n) is 6.47. The number of alkyl halides is 1. The Morgan fingerprint density at radius 2 is 1.65 bits per heavy atom. The molecule has 130 valence electrons. The van der Waals surface area contributed by atoms with Crippen molar-refractivity contribution in [3.8, 4) is 0 Å². The number of nitrogens with zero attached hydrogens (tertiary/aromatic N) is 1. The number of hydrogen-bond acceptors (Lipinski definition) is 1. The normalized spacial score (nSPS) is 12.4. The van der Waals surface area contributed by atoms with Gasteiger partial charge in [0.1, 0.15) is 3.92 Å². The van der Waals surface area contributed by atoms with Gasteiger partial charge in [0.2, 0.25) is 5.91 Å². The highest BCUT2D eigenvalue weighted by atomic mass is 127. The monoisotopic (exact) mass is 454 g/mol. The van der Waals surface area contributed by atoms with Crippen molar-refractivity contribution < 1.29 is 4.79 Å². The summed E-state index contributed by atoms with van der Waals surface area (Å²) in [7, 11) is 0. The molecule has 0 bridgehead atoms. The van der Waals surface area contributed by atoms with Gasteiger partial charge in [0.15, 0.2) is 0 Å². The average molecular weight is 454 g/mol. The molecule has 4 rings (SSSR count). The molecule has 26 heavy (non-hydrogen) atoms. The number of benzene rings is 3. The van der Waals surface area contributed by atoms with E-state index in [0.29, 0.717) is 6.54 Å². The Balaban J connectivity index is 1.68. The topological polar surface area (TPSA) is 34.0 Å². The summed E-state index contributed by atoms with van der Waals surface area (Å²) in [4.78, 5) is 12.6. The average Bonchev–Trinajstić information content (AvgIpc) is 2.96. The Morgan fingerprint density at radius 3 is 2.46 bits per heavy atom. The van der Waals surface area contributed by atoms with Crippen LogP contribution in [0, 0.1) is 6.92 Å². The summed E-state index contributed by atoms with van der Waals surface area (Å²) in [6.07, 6.45) is 0. The molecule has 1 N–H and O–H groups in total. The number of halogens is 1. The van der Waals surface area contributed by atoms with Crippen LogP contribution in [0.4, 0.5) is 5.69 Å². The molecule has 0 saturated carbocycles. The number of hydrogen-bond donors (Lipinski definition) is 1. The fourth-order valence-electron chi connectivity index (χ4n) is 3.35. The zero-order chi connectivity index (χ0) is 18.1. The first-order valence-corrected chi connectivity index (χ1v) is 9.85. The molecule has 1 unspecified atom stereocenters. The fourth-order valence-corrected chi connectivity index (χ4v) is 3.90. The summed E-state index contributed by atoms with van der Waals surface area (Å²) in [5.74, 6) is 0.0230. The number of carbonyl (C=O) groups is 1. The van der Waals surface area contributed by atoms with Gasteiger partial charge < -0.3 is 9.88 Å². The molecule has 1 heterocycles. The third-order valence-corrected chi connectivity index (χ3v) is 5.56. The van der Waals surface area contributed by atoms with Crippen molar-refractivity contribution in [1.82, 2.24) is 4.57 Å². The van der Waals surface area contributed by atoms with Crippen molar-refractivity contribution in [3.63, 3.8) is 0 Å². The van der Waals surface area contributed by atoms with Gasteiger partial charge in [-0.1, -0.05) is 70.6 Å². The summed E-state index contributed by atoms with van der Waals surface area (Å²) in [5, 5.41) is 5.48. The number of para-hydroxylation sites is 2. The standard InChI is InChI=1S/C22H19IN2O/c1-15-11-12-21-18(13-15)17-9-5-6-10-20(17)25(21)14-19(23)22(26)24-16-7-3-2-4-8-16/h2-13,19H,14H2,1H3,(H,24,26). The van der Waals surface area contributed by atoms with Crippen molar-refractivity contribution in [3.05, 3.63) is 78.4 Å². The predicted octanol–water partition coefficient (Wildman–Crippen LogP) is 5.55. The Morgan fingerprint density at radius 1 is 0.962 bits per heavy atom. The van der Waals surface area contributed by atoms with Gasteiger partial charge in [-0.2, -0.15) is 0 Å². The molecule has 0 fully saturated rings. The van der Waals surface area contributed by atoms with Crippen molar-refractivity contribution in [1.29, 1.82) is 0 Å². The lowest BCUT2D eigenvalue weighted by Gasteiger charge is -2.14. The summed E-state index contributed by atoms with van der Waals surface area (Å²) >= 11 is 2.23. The number of aromatic nitrogens is 1. The van der Waals surface area contributed by atoms with Crippen LogP contribution in [0.3, 0.4) is 0 Å². The largest absolute Gasteiger partial charge is 0.339 e. The number of fused-ring (bicyclic) bond motifs is 3. The molecule has 4 heteroatoms. The zero-order valence-corrected chi connectivity index (χ0v) is 16.6. The maximum Gasteiger partial charge on any atom is 0.239 e. The van der Waals surface area contributed by atoms with E-state index in [1.165, 1.54) is 27.4 Å². The molecular formula is C22H19IN2O. The number of nitrogens with one attached hydrogen (secondary N) is 1. The number of anilines is 1. The highest BCUT2D eigenvalue weighted by Crippen LogP contribution is 2.30. The van der Waals surface area contributed by atoms with E-state index >= 15 is 0 Å². The quantitative estimate of drug-likeness (QED) is 0.319. The molecule has 0 aliphatic rings. The van der Waals surface area contributed by atoms with E-state index in [0.717, 1.165) is 5.69 Å². The molecule has 4 aromatic rings. The highest BCUT2D eigenvalue weighted by Gasteiger charge is 2.19. The van der Waals surface area contributed by atoms with E-state index in [1.54, 1.807) is 0 Å². The minimum atomic E-state index is -0.173. The summed E-state index contributed by atoms with van der Waals surface area (Å²) in [6, 6.07) is 24.5. The van der Waals surface area contributed by atoms with Crippen LogP contribution in [0.15, 0.2) is 72.8 Å². The molecule has 0 saturated heterocycles. The van der Waals surface area contributed by atoms with E-state index in [1.807, 2.05) is 30.3 Å². The SMILES string of the molecule is Cc1ccc2c(c1)c1ccccc1n2CC(I)C(=O)Nc1ccccc1. The first-order chi connectivity index (χ1) is 12.6. The molecule has 0 aliphatic heterocycles. The molecule has 1 atom stereocenters. The lowest BCUT2D eigenvalue weighted by molar-refractivity contribution is -0.115. The molecule has 1 aromatic heterocycles. The number of amides is 1. The predicted molar refractivity (Wildman–Crippen MR) is 117 cm³/mol. The van der Waals surface area contributed by atoms with Crippen molar-refractivity contribution in [2.75, 3.05) is 5.32 Å². The lowest BCUT2D eigenvalue weighted by atomic mass is 10.1. The van der Waals surface area contributed by atoms with E-state index in [9.17, 15) is 4.79 Å².